The molecule has 0 aliphatic heterocycles. The molecule has 0 spiro atoms. The van der Waals surface area contributed by atoms with Crippen molar-refractivity contribution in [1.29, 1.82) is 0 Å². The number of amides is 1. The molecule has 0 heterocycles. The lowest BCUT2D eigenvalue weighted by Gasteiger charge is -2.06. The van der Waals surface area contributed by atoms with Gasteiger partial charge in [0.15, 0.2) is 0 Å². The highest BCUT2D eigenvalue weighted by atomic mass is 32.2. The fourth-order valence-electron chi connectivity index (χ4n) is 1.47. The number of benzene rings is 1. The van der Waals surface area contributed by atoms with E-state index in [-0.39, 0.29) is 17.8 Å². The number of carbonyl (C=O) groups excluding carboxylic acids is 1. The van der Waals surface area contributed by atoms with Crippen molar-refractivity contribution in [2.24, 2.45) is 5.73 Å². The van der Waals surface area contributed by atoms with Crippen LogP contribution in [0.1, 0.15) is 26.2 Å². The Morgan fingerprint density at radius 1 is 1.42 bits per heavy atom. The van der Waals surface area contributed by atoms with Gasteiger partial charge in [0.1, 0.15) is 5.82 Å². The highest BCUT2D eigenvalue weighted by Gasteiger charge is 2.02. The second kappa shape index (κ2) is 8.93. The monoisotopic (exact) mass is 284 g/mol. The normalized spacial score (nSPS) is 12.2. The molecular weight excluding hydrogens is 263 g/mol. The standard InChI is InChI=1S/C14H21FN2OS/c1-11(16)3-8-14(18)17-9-2-10-19-13-6-4-12(15)5-7-13/h4-7,11H,2-3,8-10,16H2,1H3,(H,17,18). The van der Waals surface area contributed by atoms with Crippen molar-refractivity contribution in [2.45, 2.75) is 37.1 Å². The molecule has 0 aliphatic carbocycles. The molecule has 1 amide bonds. The lowest BCUT2D eigenvalue weighted by Crippen LogP contribution is -2.26. The molecule has 0 bridgehead atoms. The molecule has 0 aliphatic rings. The van der Waals surface area contributed by atoms with Crippen LogP contribution in [0.25, 0.3) is 0 Å². The van der Waals surface area contributed by atoms with Crippen molar-refractivity contribution < 1.29 is 9.18 Å². The lowest BCUT2D eigenvalue weighted by atomic mass is 10.2. The first-order chi connectivity index (χ1) is 9.08. The average molecular weight is 284 g/mol. The van der Waals surface area contributed by atoms with Crippen molar-refractivity contribution >= 4 is 17.7 Å². The first-order valence-electron chi connectivity index (χ1n) is 6.48. The van der Waals surface area contributed by atoms with E-state index < -0.39 is 0 Å². The van der Waals surface area contributed by atoms with Crippen molar-refractivity contribution in [3.8, 4) is 0 Å². The van der Waals surface area contributed by atoms with Crippen LogP contribution in [0.5, 0.6) is 0 Å². The number of nitrogens with two attached hydrogens (primary N) is 1. The zero-order valence-corrected chi connectivity index (χ0v) is 12.0. The van der Waals surface area contributed by atoms with Gasteiger partial charge in [-0.25, -0.2) is 4.39 Å². The Morgan fingerprint density at radius 2 is 2.11 bits per heavy atom. The molecule has 5 heteroatoms. The smallest absolute Gasteiger partial charge is 0.220 e. The van der Waals surface area contributed by atoms with Crippen LogP contribution < -0.4 is 11.1 Å². The molecule has 0 radical (unpaired) electrons. The number of hydrogen-bond donors (Lipinski definition) is 2. The summed E-state index contributed by atoms with van der Waals surface area (Å²) >= 11 is 1.66. The molecule has 1 aromatic carbocycles. The van der Waals surface area contributed by atoms with E-state index in [1.54, 1.807) is 23.9 Å². The Hall–Kier alpha value is -1.07. The summed E-state index contributed by atoms with van der Waals surface area (Å²) in [4.78, 5) is 12.4. The Morgan fingerprint density at radius 3 is 2.74 bits per heavy atom. The topological polar surface area (TPSA) is 55.1 Å². The van der Waals surface area contributed by atoms with Crippen molar-refractivity contribution in [2.75, 3.05) is 12.3 Å². The van der Waals surface area contributed by atoms with Gasteiger partial charge < -0.3 is 11.1 Å². The number of nitrogens with one attached hydrogen (secondary N) is 1. The summed E-state index contributed by atoms with van der Waals surface area (Å²) in [6.45, 7) is 2.57. The summed E-state index contributed by atoms with van der Waals surface area (Å²) in [5, 5.41) is 2.87. The molecule has 1 unspecified atom stereocenters. The molecule has 0 saturated carbocycles. The van der Waals surface area contributed by atoms with Crippen LogP contribution in [0.2, 0.25) is 0 Å². The first kappa shape index (κ1) is 16.0. The van der Waals surface area contributed by atoms with Gasteiger partial charge in [-0.3, -0.25) is 4.79 Å². The van der Waals surface area contributed by atoms with Crippen LogP contribution in [0.3, 0.4) is 0 Å². The Kier molecular flexibility index (Phi) is 7.52. The molecule has 3 N–H and O–H groups in total. The maximum atomic E-state index is 12.7. The van der Waals surface area contributed by atoms with E-state index >= 15 is 0 Å². The van der Waals surface area contributed by atoms with E-state index in [2.05, 4.69) is 5.32 Å². The molecule has 106 valence electrons. The Bertz CT molecular complexity index is 382. The minimum absolute atomic E-state index is 0.0593. The fraction of sp³-hybridized carbons (Fsp3) is 0.500. The van der Waals surface area contributed by atoms with Crippen molar-refractivity contribution in [3.05, 3.63) is 30.1 Å². The van der Waals surface area contributed by atoms with Gasteiger partial charge in [0.25, 0.3) is 0 Å². The van der Waals surface area contributed by atoms with Gasteiger partial charge in [0.05, 0.1) is 0 Å². The van der Waals surface area contributed by atoms with Gasteiger partial charge in [-0.2, -0.15) is 0 Å². The number of carbonyl (C=O) groups is 1. The van der Waals surface area contributed by atoms with E-state index in [1.165, 1.54) is 12.1 Å². The van der Waals surface area contributed by atoms with Crippen LogP contribution in [-0.2, 0) is 4.79 Å². The molecule has 1 aromatic rings. The van der Waals surface area contributed by atoms with Crippen LogP contribution in [0, 0.1) is 5.82 Å². The average Bonchev–Trinajstić information content (AvgIpc) is 2.38. The Labute approximate surface area is 118 Å². The van der Waals surface area contributed by atoms with Gasteiger partial charge in [-0.1, -0.05) is 0 Å². The van der Waals surface area contributed by atoms with E-state index in [0.29, 0.717) is 13.0 Å². The summed E-state index contributed by atoms with van der Waals surface area (Å²) in [5.41, 5.74) is 5.58. The number of thioether (sulfide) groups is 1. The second-order valence-electron chi connectivity index (χ2n) is 4.52. The largest absolute Gasteiger partial charge is 0.356 e. The molecule has 0 aromatic heterocycles. The highest BCUT2D eigenvalue weighted by Crippen LogP contribution is 2.18. The number of halogens is 1. The third kappa shape index (κ3) is 7.85. The van der Waals surface area contributed by atoms with Gasteiger partial charge in [0.2, 0.25) is 5.91 Å². The molecule has 0 saturated heterocycles. The van der Waals surface area contributed by atoms with Crippen LogP contribution in [-0.4, -0.2) is 24.2 Å². The van der Waals surface area contributed by atoms with Crippen molar-refractivity contribution in [3.63, 3.8) is 0 Å². The summed E-state index contributed by atoms with van der Waals surface area (Å²) in [6, 6.07) is 6.51. The molecule has 0 fully saturated rings. The predicted octanol–water partition coefficient (Wildman–Crippen LogP) is 2.55. The van der Waals surface area contributed by atoms with Gasteiger partial charge >= 0.3 is 0 Å². The van der Waals surface area contributed by atoms with E-state index in [1.807, 2.05) is 6.92 Å². The first-order valence-corrected chi connectivity index (χ1v) is 7.47. The predicted molar refractivity (Wildman–Crippen MR) is 77.6 cm³/mol. The molecular formula is C14H21FN2OS. The summed E-state index contributed by atoms with van der Waals surface area (Å²) in [5.74, 6) is 0.744. The zero-order chi connectivity index (χ0) is 14.1. The maximum Gasteiger partial charge on any atom is 0.220 e. The summed E-state index contributed by atoms with van der Waals surface area (Å²) < 4.78 is 12.7. The van der Waals surface area contributed by atoms with Crippen LogP contribution in [0.4, 0.5) is 4.39 Å². The molecule has 19 heavy (non-hydrogen) atoms. The minimum atomic E-state index is -0.217. The van der Waals surface area contributed by atoms with E-state index in [9.17, 15) is 9.18 Å². The lowest BCUT2D eigenvalue weighted by molar-refractivity contribution is -0.121. The van der Waals surface area contributed by atoms with E-state index in [0.717, 1.165) is 23.5 Å². The molecule has 1 rings (SSSR count). The minimum Gasteiger partial charge on any atom is -0.356 e. The second-order valence-corrected chi connectivity index (χ2v) is 5.69. The third-order valence-electron chi connectivity index (χ3n) is 2.55. The van der Waals surface area contributed by atoms with Crippen molar-refractivity contribution in [1.82, 2.24) is 5.32 Å². The van der Waals surface area contributed by atoms with Gasteiger partial charge in [-0.05, 0) is 49.8 Å². The zero-order valence-electron chi connectivity index (χ0n) is 11.2. The van der Waals surface area contributed by atoms with Crippen LogP contribution in [0.15, 0.2) is 29.2 Å². The summed E-state index contributed by atoms with van der Waals surface area (Å²) in [7, 11) is 0. The van der Waals surface area contributed by atoms with Gasteiger partial charge in [-0.15, -0.1) is 11.8 Å². The SMILES string of the molecule is CC(N)CCC(=O)NCCCSc1ccc(F)cc1. The number of rotatable bonds is 8. The highest BCUT2D eigenvalue weighted by molar-refractivity contribution is 7.99. The quantitative estimate of drug-likeness (QED) is 0.570. The third-order valence-corrected chi connectivity index (χ3v) is 3.65. The Balaban J connectivity index is 2.05. The number of hydrogen-bond acceptors (Lipinski definition) is 3. The summed E-state index contributed by atoms with van der Waals surface area (Å²) in [6.07, 6.45) is 2.10. The maximum absolute atomic E-state index is 12.7. The molecule has 1 atom stereocenters. The molecule has 3 nitrogen and oxygen atoms in total. The fourth-order valence-corrected chi connectivity index (χ4v) is 2.32. The van der Waals surface area contributed by atoms with E-state index in [4.69, 9.17) is 5.73 Å². The van der Waals surface area contributed by atoms with Gasteiger partial charge in [0, 0.05) is 23.9 Å². The van der Waals surface area contributed by atoms with Crippen LogP contribution >= 0.6 is 11.8 Å².